The summed E-state index contributed by atoms with van der Waals surface area (Å²) < 4.78 is 1.95. The fraction of sp³-hybridized carbons (Fsp3) is 0. The second-order valence-corrected chi connectivity index (χ2v) is 9.55. The highest BCUT2D eigenvalue weighted by Gasteiger charge is 2.16. The molecule has 5 aromatic rings. The Balaban J connectivity index is 1.58. The van der Waals surface area contributed by atoms with Crippen LogP contribution in [0.3, 0.4) is 0 Å². The van der Waals surface area contributed by atoms with Crippen molar-refractivity contribution in [2.75, 3.05) is 5.32 Å². The summed E-state index contributed by atoms with van der Waals surface area (Å²) in [5.74, 6) is -0.252. The molecule has 0 aliphatic carbocycles. The average molecular weight is 529 g/mol. The summed E-state index contributed by atoms with van der Waals surface area (Å²) in [6.45, 7) is 0. The van der Waals surface area contributed by atoms with E-state index in [9.17, 15) is 4.79 Å². The minimum Gasteiger partial charge on any atom is -0.298 e. The summed E-state index contributed by atoms with van der Waals surface area (Å²) in [4.78, 5) is 22.5. The average Bonchev–Trinajstić information content (AvgIpc) is 3.16. The van der Waals surface area contributed by atoms with Gasteiger partial charge in [-0.05, 0) is 42.5 Å². The molecule has 0 saturated heterocycles. The monoisotopic (exact) mass is 527 g/mol. The third-order valence-corrected chi connectivity index (χ3v) is 6.91. The number of carbonyl (C=O) groups excluding carboxylic acids is 1. The topological polar surface area (TPSA) is 54.9 Å². The lowest BCUT2D eigenvalue weighted by molar-refractivity contribution is 0.102. The van der Waals surface area contributed by atoms with Crippen LogP contribution in [0.1, 0.15) is 10.4 Å². The van der Waals surface area contributed by atoms with E-state index in [0.717, 1.165) is 25.6 Å². The van der Waals surface area contributed by atoms with Gasteiger partial charge in [0, 0.05) is 15.4 Å². The molecule has 0 unspecified atom stereocenters. The normalized spacial score (nSPS) is 11.2. The number of amides is 1. The lowest BCUT2D eigenvalue weighted by Crippen LogP contribution is -2.13. The Morgan fingerprint density at radius 3 is 2.58 bits per heavy atom. The van der Waals surface area contributed by atoms with Gasteiger partial charge in [-0.3, -0.25) is 10.1 Å². The smallest absolute Gasteiger partial charge is 0.258 e. The highest BCUT2D eigenvalue weighted by atomic mass is 79.9. The van der Waals surface area contributed by atoms with Gasteiger partial charge >= 0.3 is 0 Å². The van der Waals surface area contributed by atoms with Gasteiger partial charge in [-0.15, -0.1) is 0 Å². The van der Waals surface area contributed by atoms with Crippen molar-refractivity contribution in [1.29, 1.82) is 0 Å². The van der Waals surface area contributed by atoms with Gasteiger partial charge in [0.15, 0.2) is 5.13 Å². The molecule has 0 fully saturated rings. The van der Waals surface area contributed by atoms with Gasteiger partial charge in [0.2, 0.25) is 0 Å². The van der Waals surface area contributed by atoms with Gasteiger partial charge in [-0.2, -0.15) is 0 Å². The Labute approximate surface area is 200 Å². The molecule has 5 rings (SSSR count). The minimum absolute atomic E-state index is 0.252. The fourth-order valence-corrected chi connectivity index (χ4v) is 4.99. The van der Waals surface area contributed by atoms with Gasteiger partial charge in [0.25, 0.3) is 5.91 Å². The molecule has 2 aromatic heterocycles. The summed E-state index contributed by atoms with van der Waals surface area (Å²) in [5.41, 5.74) is 3.46. The summed E-state index contributed by atoms with van der Waals surface area (Å²) in [5, 5.41) is 5.13. The molecule has 0 aliphatic heterocycles. The number of thiazole rings is 1. The quantitative estimate of drug-likeness (QED) is 0.259. The van der Waals surface area contributed by atoms with Crippen molar-refractivity contribution in [3.63, 3.8) is 0 Å². The summed E-state index contributed by atoms with van der Waals surface area (Å²) in [6, 6.07) is 20.4. The number of pyridine rings is 1. The zero-order chi connectivity index (χ0) is 21.5. The van der Waals surface area contributed by atoms with E-state index in [1.165, 1.54) is 11.3 Å². The number of aromatic nitrogens is 2. The molecule has 1 amide bonds. The largest absolute Gasteiger partial charge is 0.298 e. The van der Waals surface area contributed by atoms with Gasteiger partial charge in [0.05, 0.1) is 37.0 Å². The molecular weight excluding hydrogens is 517 g/mol. The Morgan fingerprint density at radius 2 is 1.74 bits per heavy atom. The van der Waals surface area contributed by atoms with Crippen LogP contribution in [0.25, 0.3) is 32.4 Å². The Bertz CT molecular complexity index is 1480. The van der Waals surface area contributed by atoms with Crippen LogP contribution >= 0.6 is 50.5 Å². The van der Waals surface area contributed by atoms with Gasteiger partial charge in [0.1, 0.15) is 0 Å². The van der Waals surface area contributed by atoms with Crippen molar-refractivity contribution in [3.05, 3.63) is 86.8 Å². The number of hydrogen-bond donors (Lipinski definition) is 1. The molecule has 0 radical (unpaired) electrons. The predicted molar refractivity (Wildman–Crippen MR) is 132 cm³/mol. The number of fused-ring (bicyclic) bond motifs is 2. The van der Waals surface area contributed by atoms with Crippen LogP contribution in [-0.2, 0) is 0 Å². The maximum Gasteiger partial charge on any atom is 0.258 e. The van der Waals surface area contributed by atoms with E-state index in [2.05, 4.69) is 26.2 Å². The Hall–Kier alpha value is -2.51. The maximum atomic E-state index is 13.2. The van der Waals surface area contributed by atoms with Gasteiger partial charge in [-0.1, -0.05) is 74.7 Å². The second kappa shape index (κ2) is 8.20. The number of halogens is 3. The summed E-state index contributed by atoms with van der Waals surface area (Å²) >= 11 is 17.1. The SMILES string of the molecule is O=C(Nc1nc2ccc(Br)cc2s1)c1cc(-c2ccc(Cl)c(Cl)c2)nc2ccccc12. The van der Waals surface area contributed by atoms with Crippen molar-refractivity contribution in [1.82, 2.24) is 9.97 Å². The number of hydrogen-bond acceptors (Lipinski definition) is 4. The number of nitrogens with zero attached hydrogens (tertiary/aromatic N) is 2. The molecule has 0 bridgehead atoms. The molecule has 0 atom stereocenters. The van der Waals surface area contributed by atoms with Crippen molar-refractivity contribution in [2.45, 2.75) is 0 Å². The molecular formula is C23H12BrCl2N3OS. The fourth-order valence-electron chi connectivity index (χ4n) is 3.28. The molecule has 152 valence electrons. The number of benzene rings is 3. The van der Waals surface area contributed by atoms with Crippen molar-refractivity contribution in [2.24, 2.45) is 0 Å². The summed E-state index contributed by atoms with van der Waals surface area (Å²) in [7, 11) is 0. The summed E-state index contributed by atoms with van der Waals surface area (Å²) in [6.07, 6.45) is 0. The zero-order valence-electron chi connectivity index (χ0n) is 15.7. The van der Waals surface area contributed by atoms with E-state index >= 15 is 0 Å². The number of rotatable bonds is 3. The third-order valence-electron chi connectivity index (χ3n) is 4.75. The number of carbonyl (C=O) groups is 1. The van der Waals surface area contributed by atoms with E-state index < -0.39 is 0 Å². The van der Waals surface area contributed by atoms with Crippen LogP contribution in [-0.4, -0.2) is 15.9 Å². The van der Waals surface area contributed by atoms with Crippen LogP contribution in [0.5, 0.6) is 0 Å². The Kier molecular flexibility index (Phi) is 5.40. The van der Waals surface area contributed by atoms with Crippen LogP contribution < -0.4 is 5.32 Å². The molecule has 0 saturated carbocycles. The first kappa shape index (κ1) is 20.4. The molecule has 0 aliphatic rings. The third kappa shape index (κ3) is 4.04. The minimum atomic E-state index is -0.252. The molecule has 3 aromatic carbocycles. The van der Waals surface area contributed by atoms with Crippen LogP contribution in [0, 0.1) is 0 Å². The van der Waals surface area contributed by atoms with Crippen LogP contribution in [0.4, 0.5) is 5.13 Å². The zero-order valence-corrected chi connectivity index (χ0v) is 19.6. The number of nitrogens with one attached hydrogen (secondary N) is 1. The second-order valence-electron chi connectivity index (χ2n) is 6.79. The van der Waals surface area contributed by atoms with E-state index in [1.807, 2.05) is 48.5 Å². The van der Waals surface area contributed by atoms with Crippen molar-refractivity contribution in [3.8, 4) is 11.3 Å². The first-order valence-electron chi connectivity index (χ1n) is 9.20. The van der Waals surface area contributed by atoms with Gasteiger partial charge < -0.3 is 0 Å². The first-order valence-corrected chi connectivity index (χ1v) is 11.6. The predicted octanol–water partition coefficient (Wildman–Crippen LogP) is 7.83. The number of para-hydroxylation sites is 1. The first-order chi connectivity index (χ1) is 15.0. The van der Waals surface area contributed by atoms with E-state index in [-0.39, 0.29) is 5.91 Å². The van der Waals surface area contributed by atoms with Crippen molar-refractivity contribution >= 4 is 82.6 Å². The highest BCUT2D eigenvalue weighted by molar-refractivity contribution is 9.10. The van der Waals surface area contributed by atoms with E-state index in [1.54, 1.807) is 18.2 Å². The molecule has 0 spiro atoms. The molecule has 1 N–H and O–H groups in total. The lowest BCUT2D eigenvalue weighted by Gasteiger charge is -2.10. The number of anilines is 1. The van der Waals surface area contributed by atoms with Crippen LogP contribution in [0.2, 0.25) is 10.0 Å². The van der Waals surface area contributed by atoms with E-state index in [4.69, 9.17) is 28.2 Å². The molecule has 2 heterocycles. The molecule has 31 heavy (non-hydrogen) atoms. The molecule has 8 heteroatoms. The standard InChI is InChI=1S/C23H12BrCl2N3OS/c24-13-6-8-19-21(10-13)31-23(28-19)29-22(30)15-11-20(12-5-7-16(25)17(26)9-12)27-18-4-2-1-3-14(15)18/h1-11H,(H,28,29,30). The van der Waals surface area contributed by atoms with Crippen LogP contribution in [0.15, 0.2) is 71.2 Å². The highest BCUT2D eigenvalue weighted by Crippen LogP contribution is 2.32. The maximum absolute atomic E-state index is 13.2. The van der Waals surface area contributed by atoms with Crippen molar-refractivity contribution < 1.29 is 4.79 Å². The molecule has 4 nitrogen and oxygen atoms in total. The van der Waals surface area contributed by atoms with Gasteiger partial charge in [-0.25, -0.2) is 9.97 Å². The van der Waals surface area contributed by atoms with E-state index in [0.29, 0.717) is 32.0 Å². The lowest BCUT2D eigenvalue weighted by atomic mass is 10.0. The Morgan fingerprint density at radius 1 is 0.903 bits per heavy atom.